The maximum Gasteiger partial charge on any atom is 0.191 e. The van der Waals surface area contributed by atoms with Crippen LogP contribution in [0.15, 0.2) is 47.5 Å². The molecule has 0 radical (unpaired) electrons. The molecule has 0 saturated carbocycles. The molecule has 0 saturated heterocycles. The number of aliphatic imine (C=N–C) groups is 1. The number of rotatable bonds is 10. The van der Waals surface area contributed by atoms with E-state index in [1.807, 2.05) is 18.2 Å². The molecular formula is C23H35IN4O2. The van der Waals surface area contributed by atoms with Gasteiger partial charge >= 0.3 is 0 Å². The van der Waals surface area contributed by atoms with Crippen LogP contribution in [0, 0.1) is 0 Å². The minimum absolute atomic E-state index is 0. The Kier molecular flexibility index (Phi) is 12.2. The Morgan fingerprint density at radius 3 is 1.90 bits per heavy atom. The zero-order valence-corrected chi connectivity index (χ0v) is 21.0. The molecule has 2 aromatic carbocycles. The number of hydrogen-bond donors (Lipinski definition) is 2. The standard InChI is InChI=1S/C23H34N4O2.HI/c1-6-27(7-2)17-19-10-8-18(9-11-19)15-25-23(24-3)26-16-20-12-13-21(28-4)22(14-20)29-5;/h8-14H,6-7,15-17H2,1-5H3,(H2,24,25,26);1H. The number of hydrogen-bond acceptors (Lipinski definition) is 4. The van der Waals surface area contributed by atoms with Gasteiger partial charge in [-0.2, -0.15) is 0 Å². The number of nitrogens with zero attached hydrogens (tertiary/aromatic N) is 2. The predicted molar refractivity (Wildman–Crippen MR) is 135 cm³/mol. The summed E-state index contributed by atoms with van der Waals surface area (Å²) in [6.07, 6.45) is 0. The van der Waals surface area contributed by atoms with E-state index in [9.17, 15) is 0 Å². The zero-order valence-electron chi connectivity index (χ0n) is 18.7. The number of benzene rings is 2. The second-order valence-electron chi connectivity index (χ2n) is 6.75. The Morgan fingerprint density at radius 1 is 0.833 bits per heavy atom. The molecule has 2 aromatic rings. The molecule has 0 fully saturated rings. The van der Waals surface area contributed by atoms with Crippen LogP contribution in [0.4, 0.5) is 0 Å². The Bertz CT molecular complexity index is 777. The molecule has 0 bridgehead atoms. The van der Waals surface area contributed by atoms with Crippen molar-refractivity contribution in [3.05, 3.63) is 59.2 Å². The Morgan fingerprint density at radius 2 is 1.37 bits per heavy atom. The van der Waals surface area contributed by atoms with E-state index >= 15 is 0 Å². The maximum absolute atomic E-state index is 5.36. The minimum Gasteiger partial charge on any atom is -0.493 e. The predicted octanol–water partition coefficient (Wildman–Crippen LogP) is 4.03. The minimum atomic E-state index is 0. The summed E-state index contributed by atoms with van der Waals surface area (Å²) in [6, 6.07) is 14.6. The van der Waals surface area contributed by atoms with Gasteiger partial charge in [-0.1, -0.05) is 44.2 Å². The summed E-state index contributed by atoms with van der Waals surface area (Å²) in [6.45, 7) is 8.89. The van der Waals surface area contributed by atoms with Crippen LogP contribution in [0.2, 0.25) is 0 Å². The summed E-state index contributed by atoms with van der Waals surface area (Å²) >= 11 is 0. The molecule has 0 atom stereocenters. The van der Waals surface area contributed by atoms with Gasteiger partial charge in [-0.15, -0.1) is 24.0 Å². The lowest BCUT2D eigenvalue weighted by Crippen LogP contribution is -2.36. The molecule has 0 aliphatic heterocycles. The van der Waals surface area contributed by atoms with E-state index in [0.29, 0.717) is 6.54 Å². The van der Waals surface area contributed by atoms with Crippen molar-refractivity contribution in [3.8, 4) is 11.5 Å². The van der Waals surface area contributed by atoms with E-state index < -0.39 is 0 Å². The van der Waals surface area contributed by atoms with Crippen molar-refractivity contribution in [2.75, 3.05) is 34.4 Å². The van der Waals surface area contributed by atoms with Crippen molar-refractivity contribution < 1.29 is 9.47 Å². The van der Waals surface area contributed by atoms with Gasteiger partial charge in [-0.05, 0) is 41.9 Å². The van der Waals surface area contributed by atoms with Crippen LogP contribution in [0.1, 0.15) is 30.5 Å². The lowest BCUT2D eigenvalue weighted by Gasteiger charge is -2.18. The quantitative estimate of drug-likeness (QED) is 0.278. The monoisotopic (exact) mass is 526 g/mol. The largest absolute Gasteiger partial charge is 0.493 e. The fraction of sp³-hybridized carbons (Fsp3) is 0.435. The first-order valence-corrected chi connectivity index (χ1v) is 10.1. The van der Waals surface area contributed by atoms with Crippen molar-refractivity contribution in [3.63, 3.8) is 0 Å². The highest BCUT2D eigenvalue weighted by atomic mass is 127. The van der Waals surface area contributed by atoms with E-state index in [4.69, 9.17) is 9.47 Å². The Labute approximate surface area is 198 Å². The number of nitrogens with one attached hydrogen (secondary N) is 2. The molecule has 7 heteroatoms. The Balaban J connectivity index is 0.00000450. The van der Waals surface area contributed by atoms with Crippen molar-refractivity contribution in [1.29, 1.82) is 0 Å². The fourth-order valence-corrected chi connectivity index (χ4v) is 3.05. The van der Waals surface area contributed by atoms with E-state index in [1.165, 1.54) is 11.1 Å². The lowest BCUT2D eigenvalue weighted by atomic mass is 10.1. The molecule has 0 unspecified atom stereocenters. The fourth-order valence-electron chi connectivity index (χ4n) is 3.05. The molecule has 0 aliphatic rings. The third kappa shape index (κ3) is 8.02. The van der Waals surface area contributed by atoms with Crippen molar-refractivity contribution >= 4 is 29.9 Å². The van der Waals surface area contributed by atoms with Crippen molar-refractivity contribution in [1.82, 2.24) is 15.5 Å². The maximum atomic E-state index is 5.36. The molecule has 6 nitrogen and oxygen atoms in total. The first kappa shape index (κ1) is 26.0. The topological polar surface area (TPSA) is 58.1 Å². The molecule has 0 aromatic heterocycles. The highest BCUT2D eigenvalue weighted by molar-refractivity contribution is 14.0. The van der Waals surface area contributed by atoms with Crippen LogP contribution < -0.4 is 20.1 Å². The molecule has 2 N–H and O–H groups in total. The van der Waals surface area contributed by atoms with Crippen LogP contribution in [0.5, 0.6) is 11.5 Å². The van der Waals surface area contributed by atoms with Gasteiger partial charge in [-0.25, -0.2) is 0 Å². The summed E-state index contributed by atoms with van der Waals surface area (Å²) < 4.78 is 10.6. The smallest absolute Gasteiger partial charge is 0.191 e. The lowest BCUT2D eigenvalue weighted by molar-refractivity contribution is 0.296. The molecule has 166 valence electrons. The van der Waals surface area contributed by atoms with E-state index in [0.717, 1.165) is 49.2 Å². The third-order valence-corrected chi connectivity index (χ3v) is 4.92. The Hall–Kier alpha value is -2.00. The van der Waals surface area contributed by atoms with Gasteiger partial charge in [0.2, 0.25) is 0 Å². The van der Waals surface area contributed by atoms with Crippen LogP contribution in [-0.4, -0.2) is 45.2 Å². The van der Waals surface area contributed by atoms with Crippen LogP contribution in [0.25, 0.3) is 0 Å². The van der Waals surface area contributed by atoms with Gasteiger partial charge in [0.05, 0.1) is 14.2 Å². The first-order chi connectivity index (χ1) is 14.1. The second-order valence-corrected chi connectivity index (χ2v) is 6.75. The number of guanidine groups is 1. The van der Waals surface area contributed by atoms with Gasteiger partial charge < -0.3 is 20.1 Å². The molecule has 0 amide bonds. The van der Waals surface area contributed by atoms with Gasteiger partial charge in [0.15, 0.2) is 17.5 Å². The van der Waals surface area contributed by atoms with Crippen molar-refractivity contribution in [2.45, 2.75) is 33.5 Å². The zero-order chi connectivity index (χ0) is 21.1. The van der Waals surface area contributed by atoms with E-state index in [2.05, 4.69) is 58.6 Å². The molecule has 0 aliphatic carbocycles. The molecular weight excluding hydrogens is 491 g/mol. The average molecular weight is 526 g/mol. The summed E-state index contributed by atoms with van der Waals surface area (Å²) in [4.78, 5) is 6.72. The molecule has 0 spiro atoms. The average Bonchev–Trinajstić information content (AvgIpc) is 2.78. The van der Waals surface area contributed by atoms with E-state index in [1.54, 1.807) is 21.3 Å². The van der Waals surface area contributed by atoms with Gasteiger partial charge in [0, 0.05) is 26.7 Å². The van der Waals surface area contributed by atoms with Crippen molar-refractivity contribution in [2.24, 2.45) is 4.99 Å². The highest BCUT2D eigenvalue weighted by Gasteiger charge is 2.06. The highest BCUT2D eigenvalue weighted by Crippen LogP contribution is 2.27. The summed E-state index contributed by atoms with van der Waals surface area (Å²) in [5.41, 5.74) is 3.65. The van der Waals surface area contributed by atoms with Crippen LogP contribution >= 0.6 is 24.0 Å². The number of ether oxygens (including phenoxy) is 2. The normalized spacial score (nSPS) is 11.1. The SMILES string of the molecule is CCN(CC)Cc1ccc(CNC(=NC)NCc2ccc(OC)c(OC)c2)cc1.I. The third-order valence-electron chi connectivity index (χ3n) is 4.92. The van der Waals surface area contributed by atoms with Gasteiger partial charge in [0.1, 0.15) is 0 Å². The number of methoxy groups -OCH3 is 2. The molecule has 30 heavy (non-hydrogen) atoms. The van der Waals surface area contributed by atoms with Crippen LogP contribution in [-0.2, 0) is 19.6 Å². The molecule has 0 heterocycles. The summed E-state index contributed by atoms with van der Waals surface area (Å²) in [7, 11) is 5.05. The molecule has 2 rings (SSSR count). The van der Waals surface area contributed by atoms with Crippen LogP contribution in [0.3, 0.4) is 0 Å². The first-order valence-electron chi connectivity index (χ1n) is 10.1. The van der Waals surface area contributed by atoms with Gasteiger partial charge in [0.25, 0.3) is 0 Å². The summed E-state index contributed by atoms with van der Waals surface area (Å²) in [5, 5.41) is 6.70. The number of halogens is 1. The second kappa shape index (κ2) is 14.1. The summed E-state index contributed by atoms with van der Waals surface area (Å²) in [5.74, 6) is 2.20. The van der Waals surface area contributed by atoms with Gasteiger partial charge in [-0.3, -0.25) is 9.89 Å². The van der Waals surface area contributed by atoms with E-state index in [-0.39, 0.29) is 24.0 Å².